The molecule has 6 heteroatoms. The van der Waals surface area contributed by atoms with E-state index in [4.69, 9.17) is 9.47 Å². The largest absolute Gasteiger partial charge is 0.481 e. The fourth-order valence-corrected chi connectivity index (χ4v) is 11.4. The van der Waals surface area contributed by atoms with Gasteiger partial charge in [-0.15, -0.1) is 0 Å². The van der Waals surface area contributed by atoms with Crippen molar-refractivity contribution in [2.75, 3.05) is 26.2 Å². The van der Waals surface area contributed by atoms with E-state index in [0.717, 1.165) is 83.0 Å². The van der Waals surface area contributed by atoms with E-state index in [1.165, 1.54) is 25.7 Å². The van der Waals surface area contributed by atoms with Gasteiger partial charge in [0.15, 0.2) is 0 Å². The molecule has 2 saturated heterocycles. The third-order valence-corrected chi connectivity index (χ3v) is 13.0. The minimum Gasteiger partial charge on any atom is -0.481 e. The molecule has 2 heterocycles. The fourth-order valence-electron chi connectivity index (χ4n) is 11.4. The van der Waals surface area contributed by atoms with Crippen LogP contribution in [0.5, 0.6) is 0 Å². The Bertz CT molecular complexity index is 1020. The molecule has 4 aliphatic carbocycles. The first-order valence-corrected chi connectivity index (χ1v) is 17.2. The average Bonchev–Trinajstić information content (AvgIpc) is 3.69. The molecule has 6 aliphatic rings. The van der Waals surface area contributed by atoms with Crippen molar-refractivity contribution in [2.24, 2.45) is 45.8 Å². The van der Waals surface area contributed by atoms with Crippen LogP contribution >= 0.6 is 0 Å². The molecule has 0 aromatic heterocycles. The lowest BCUT2D eigenvalue weighted by Gasteiger charge is -2.60. The van der Waals surface area contributed by atoms with Crippen LogP contribution in [0, 0.1) is 45.8 Å². The maximum Gasteiger partial charge on any atom is 0.315 e. The molecule has 6 rings (SSSR count). The molecule has 2 aliphatic heterocycles. The van der Waals surface area contributed by atoms with E-state index in [1.807, 2.05) is 0 Å². The highest BCUT2D eigenvalue weighted by molar-refractivity contribution is 5.90. The van der Waals surface area contributed by atoms with E-state index in [1.54, 1.807) is 0 Å². The first kappa shape index (κ1) is 29.8. The summed E-state index contributed by atoms with van der Waals surface area (Å²) in [4.78, 5) is 29.7. The number of fused-ring (bicyclic) bond motifs is 2. The standard InChI is InChI=1S/C35H55NO5/c1-5-6-7-8-17-40-26-13-15-36(16-14-26)21-27-10-12-31(41-27)34-20-28-24(4)9-11-29(28)33(22-37)19-25(34)18-30(23(2)3)35(33,34)32(38)39/h18,22-29,31H,5-17,19-21H2,1-4H3,(H,38,39)/t24-,25?,27?,28-,29-,31?,33?,34?,35?/m1/s1. The number of carbonyl (C=O) groups excluding carboxylic acids is 1. The van der Waals surface area contributed by atoms with Crippen molar-refractivity contribution >= 4 is 12.3 Å². The van der Waals surface area contributed by atoms with Crippen molar-refractivity contribution in [1.29, 1.82) is 0 Å². The number of ether oxygens (including phenoxy) is 2. The first-order chi connectivity index (χ1) is 19.7. The summed E-state index contributed by atoms with van der Waals surface area (Å²) in [6.07, 6.45) is 16.6. The normalized spacial score (nSPS) is 44.0. The maximum atomic E-state index is 13.8. The van der Waals surface area contributed by atoms with E-state index in [2.05, 4.69) is 38.7 Å². The Kier molecular flexibility index (Phi) is 8.26. The Morgan fingerprint density at radius 3 is 2.59 bits per heavy atom. The topological polar surface area (TPSA) is 76.1 Å². The summed E-state index contributed by atoms with van der Waals surface area (Å²) in [5.74, 6) is 0.606. The van der Waals surface area contributed by atoms with E-state index >= 15 is 0 Å². The van der Waals surface area contributed by atoms with E-state index in [-0.39, 0.29) is 30.0 Å². The summed E-state index contributed by atoms with van der Waals surface area (Å²) in [5.41, 5.74) is -1.41. The number of nitrogens with zero attached hydrogens (tertiary/aromatic N) is 1. The minimum atomic E-state index is -1.13. The van der Waals surface area contributed by atoms with Gasteiger partial charge in [-0.05, 0) is 81.0 Å². The lowest BCUT2D eigenvalue weighted by Crippen LogP contribution is -2.65. The van der Waals surface area contributed by atoms with Crippen LogP contribution in [0.2, 0.25) is 0 Å². The monoisotopic (exact) mass is 569 g/mol. The number of unbranched alkanes of at least 4 members (excludes halogenated alkanes) is 3. The molecule has 6 nitrogen and oxygen atoms in total. The Labute approximate surface area is 248 Å². The van der Waals surface area contributed by atoms with Crippen molar-refractivity contribution in [3.63, 3.8) is 0 Å². The maximum absolute atomic E-state index is 13.8. The van der Waals surface area contributed by atoms with Crippen LogP contribution in [0.4, 0.5) is 0 Å². The zero-order valence-corrected chi connectivity index (χ0v) is 26.1. The van der Waals surface area contributed by atoms with Gasteiger partial charge in [0.05, 0.1) is 23.7 Å². The third kappa shape index (κ3) is 4.27. The molecule has 5 fully saturated rings. The van der Waals surface area contributed by atoms with Crippen LogP contribution in [0.3, 0.4) is 0 Å². The van der Waals surface area contributed by atoms with Crippen LogP contribution in [0.25, 0.3) is 0 Å². The zero-order valence-electron chi connectivity index (χ0n) is 26.1. The SMILES string of the molecule is CCCCCCOC1CCN(CC2CCC(C34C[C@@H]5[C@H](C)CC[C@H]5C5(C=O)CC3C=C(C(C)C)C45C(=O)O)O2)CC1. The van der Waals surface area contributed by atoms with E-state index in [9.17, 15) is 14.7 Å². The van der Waals surface area contributed by atoms with Gasteiger partial charge in [0.2, 0.25) is 0 Å². The number of carboxylic acids is 1. The number of piperidine rings is 1. The molecule has 3 saturated carbocycles. The van der Waals surface area contributed by atoms with Crippen LogP contribution in [-0.4, -0.2) is 66.8 Å². The zero-order chi connectivity index (χ0) is 29.0. The number of hydrogen-bond acceptors (Lipinski definition) is 5. The Morgan fingerprint density at radius 1 is 1.12 bits per heavy atom. The minimum absolute atomic E-state index is 0.0966. The Hall–Kier alpha value is -1.24. The van der Waals surface area contributed by atoms with Crippen molar-refractivity contribution in [3.05, 3.63) is 11.6 Å². The van der Waals surface area contributed by atoms with Crippen LogP contribution in [0.1, 0.15) is 105 Å². The number of aliphatic carboxylic acids is 1. The number of allylic oxidation sites excluding steroid dienone is 1. The molecule has 1 N–H and O–H groups in total. The molecule has 0 spiro atoms. The highest BCUT2D eigenvalue weighted by atomic mass is 16.5. The summed E-state index contributed by atoms with van der Waals surface area (Å²) in [7, 11) is 0. The summed E-state index contributed by atoms with van der Waals surface area (Å²) < 4.78 is 13.2. The van der Waals surface area contributed by atoms with Gasteiger partial charge in [0, 0.05) is 31.7 Å². The highest BCUT2D eigenvalue weighted by Crippen LogP contribution is 2.84. The molecular weight excluding hydrogens is 514 g/mol. The van der Waals surface area contributed by atoms with Crippen molar-refractivity contribution < 1.29 is 24.2 Å². The van der Waals surface area contributed by atoms with Gasteiger partial charge in [-0.3, -0.25) is 4.79 Å². The van der Waals surface area contributed by atoms with Crippen molar-refractivity contribution in [2.45, 2.75) is 123 Å². The fraction of sp³-hybridized carbons (Fsp3) is 0.886. The van der Waals surface area contributed by atoms with E-state index in [0.29, 0.717) is 24.4 Å². The van der Waals surface area contributed by atoms with Gasteiger partial charge in [-0.25, -0.2) is 0 Å². The van der Waals surface area contributed by atoms with Crippen LogP contribution in [-0.2, 0) is 19.1 Å². The lowest BCUT2D eigenvalue weighted by atomic mass is 9.41. The quantitative estimate of drug-likeness (QED) is 0.164. The summed E-state index contributed by atoms with van der Waals surface area (Å²) in [6, 6.07) is 0. The van der Waals surface area contributed by atoms with Crippen molar-refractivity contribution in [3.8, 4) is 0 Å². The second-order valence-electron chi connectivity index (χ2n) is 15.1. The second kappa shape index (κ2) is 11.4. The molecule has 0 amide bonds. The summed E-state index contributed by atoms with van der Waals surface area (Å²) >= 11 is 0. The number of aldehydes is 1. The molecule has 0 aromatic carbocycles. The summed E-state index contributed by atoms with van der Waals surface area (Å²) in [6.45, 7) is 12.7. The average molecular weight is 570 g/mol. The molecule has 0 aromatic rings. The van der Waals surface area contributed by atoms with Crippen LogP contribution < -0.4 is 0 Å². The van der Waals surface area contributed by atoms with Crippen LogP contribution in [0.15, 0.2) is 11.6 Å². The van der Waals surface area contributed by atoms with Gasteiger partial charge in [-0.2, -0.15) is 0 Å². The van der Waals surface area contributed by atoms with Gasteiger partial charge >= 0.3 is 5.97 Å². The van der Waals surface area contributed by atoms with Gasteiger partial charge in [-0.1, -0.05) is 65.0 Å². The van der Waals surface area contributed by atoms with Gasteiger partial charge in [0.25, 0.3) is 0 Å². The number of rotatable bonds is 12. The summed E-state index contributed by atoms with van der Waals surface area (Å²) in [5, 5.41) is 11.3. The predicted octanol–water partition coefficient (Wildman–Crippen LogP) is 6.52. The first-order valence-electron chi connectivity index (χ1n) is 17.2. The van der Waals surface area contributed by atoms with Gasteiger partial charge in [0.1, 0.15) is 11.7 Å². The molecule has 9 atom stereocenters. The molecule has 41 heavy (non-hydrogen) atoms. The number of carboxylic acid groups (broad SMARTS) is 1. The van der Waals surface area contributed by atoms with Gasteiger partial charge < -0.3 is 24.3 Å². The molecule has 230 valence electrons. The smallest absolute Gasteiger partial charge is 0.315 e. The molecule has 4 bridgehead atoms. The lowest BCUT2D eigenvalue weighted by molar-refractivity contribution is -0.197. The third-order valence-electron chi connectivity index (χ3n) is 13.0. The second-order valence-corrected chi connectivity index (χ2v) is 15.1. The number of carbonyl (C=O) groups is 2. The molecular formula is C35H55NO5. The predicted molar refractivity (Wildman–Crippen MR) is 159 cm³/mol. The van der Waals surface area contributed by atoms with E-state index < -0.39 is 22.2 Å². The highest BCUT2D eigenvalue weighted by Gasteiger charge is 2.86. The molecule has 0 radical (unpaired) electrons. The Morgan fingerprint density at radius 2 is 1.90 bits per heavy atom. The number of likely N-dealkylation sites (tertiary alicyclic amines) is 1. The van der Waals surface area contributed by atoms with Crippen molar-refractivity contribution in [1.82, 2.24) is 4.90 Å². The number of hydrogen-bond donors (Lipinski definition) is 1. The Balaban J connectivity index is 1.18. The molecule has 6 unspecified atom stereocenters.